The van der Waals surface area contributed by atoms with E-state index >= 15 is 0 Å². The summed E-state index contributed by atoms with van der Waals surface area (Å²) in [5.74, 6) is 1.28. The van der Waals surface area contributed by atoms with E-state index in [-0.39, 0.29) is 11.9 Å². The molecular weight excluding hydrogens is 474 g/mol. The van der Waals surface area contributed by atoms with Crippen LogP contribution in [-0.2, 0) is 10.5 Å². The SMILES string of the molecule is CC1=C(C(=O)Nc2ccc(C)cc2C)C(c2cccs2)n2nc(SCc3cccc(C)c3)nc2N1. The van der Waals surface area contributed by atoms with Gasteiger partial charge in [-0.3, -0.25) is 4.79 Å². The highest BCUT2D eigenvalue weighted by Gasteiger charge is 2.35. The summed E-state index contributed by atoms with van der Waals surface area (Å²) >= 11 is 3.20. The second kappa shape index (κ2) is 9.71. The maximum atomic E-state index is 13.6. The molecule has 178 valence electrons. The van der Waals surface area contributed by atoms with Crippen molar-refractivity contribution in [3.63, 3.8) is 0 Å². The Morgan fingerprint density at radius 1 is 1.09 bits per heavy atom. The molecule has 8 heteroatoms. The lowest BCUT2D eigenvalue weighted by molar-refractivity contribution is -0.113. The van der Waals surface area contributed by atoms with Crippen LogP contribution >= 0.6 is 23.1 Å². The van der Waals surface area contributed by atoms with E-state index in [0.29, 0.717) is 16.7 Å². The normalized spacial score (nSPS) is 15.0. The van der Waals surface area contributed by atoms with Crippen molar-refractivity contribution in [1.82, 2.24) is 14.8 Å². The molecule has 2 aromatic heterocycles. The molecule has 0 saturated carbocycles. The summed E-state index contributed by atoms with van der Waals surface area (Å²) in [5, 5.41) is 14.0. The highest BCUT2D eigenvalue weighted by Crippen LogP contribution is 2.38. The van der Waals surface area contributed by atoms with Gasteiger partial charge < -0.3 is 10.6 Å². The monoisotopic (exact) mass is 501 g/mol. The largest absolute Gasteiger partial charge is 0.328 e. The standard InChI is InChI=1S/C27H27N5OS2/c1-16-7-5-8-20(14-16)15-35-27-30-26-28-19(4)23(24(32(26)31-27)22-9-6-12-34-22)25(33)29-21-11-10-17(2)13-18(21)3/h5-14,24H,15H2,1-4H3,(H,29,33)(H,28,30,31). The van der Waals surface area contributed by atoms with E-state index < -0.39 is 0 Å². The molecule has 1 aliphatic rings. The Hall–Kier alpha value is -3.36. The zero-order chi connectivity index (χ0) is 24.5. The van der Waals surface area contributed by atoms with Crippen LogP contribution < -0.4 is 10.6 Å². The molecule has 4 aromatic rings. The van der Waals surface area contributed by atoms with E-state index in [9.17, 15) is 4.79 Å². The van der Waals surface area contributed by atoms with Crippen LogP contribution in [0.2, 0.25) is 0 Å². The average molecular weight is 502 g/mol. The Morgan fingerprint density at radius 3 is 2.66 bits per heavy atom. The lowest BCUT2D eigenvalue weighted by Crippen LogP contribution is -2.31. The van der Waals surface area contributed by atoms with Crippen molar-refractivity contribution in [3.8, 4) is 0 Å². The molecule has 1 atom stereocenters. The van der Waals surface area contributed by atoms with Gasteiger partial charge >= 0.3 is 0 Å². The summed E-state index contributed by atoms with van der Waals surface area (Å²) in [4.78, 5) is 19.4. The molecule has 0 bridgehead atoms. The smallest absolute Gasteiger partial charge is 0.255 e. The zero-order valence-electron chi connectivity index (χ0n) is 20.1. The lowest BCUT2D eigenvalue weighted by atomic mass is 10.0. The first kappa shape index (κ1) is 23.4. The van der Waals surface area contributed by atoms with Gasteiger partial charge in [-0.2, -0.15) is 4.98 Å². The zero-order valence-corrected chi connectivity index (χ0v) is 21.8. The van der Waals surface area contributed by atoms with Crippen LogP contribution in [0.5, 0.6) is 0 Å². The van der Waals surface area contributed by atoms with Crippen molar-refractivity contribution < 1.29 is 4.79 Å². The van der Waals surface area contributed by atoms with Crippen molar-refractivity contribution in [2.75, 3.05) is 10.6 Å². The number of hydrogen-bond donors (Lipinski definition) is 2. The minimum atomic E-state index is -0.349. The molecule has 2 N–H and O–H groups in total. The summed E-state index contributed by atoms with van der Waals surface area (Å²) in [6.45, 7) is 8.07. The third-order valence-electron chi connectivity index (χ3n) is 5.97. The fraction of sp³-hybridized carbons (Fsp3) is 0.222. The van der Waals surface area contributed by atoms with Gasteiger partial charge in [-0.15, -0.1) is 16.4 Å². The minimum absolute atomic E-state index is 0.143. The topological polar surface area (TPSA) is 71.8 Å². The number of rotatable bonds is 6. The fourth-order valence-corrected chi connectivity index (χ4v) is 5.88. The maximum Gasteiger partial charge on any atom is 0.255 e. The number of fused-ring (bicyclic) bond motifs is 1. The van der Waals surface area contributed by atoms with Crippen LogP contribution in [0.3, 0.4) is 0 Å². The van der Waals surface area contributed by atoms with E-state index in [1.54, 1.807) is 23.1 Å². The number of nitrogens with zero attached hydrogens (tertiary/aromatic N) is 3. The Balaban J connectivity index is 1.45. The van der Waals surface area contributed by atoms with Gasteiger partial charge in [0, 0.05) is 22.0 Å². The number of carbonyl (C=O) groups excluding carboxylic acids is 1. The number of benzene rings is 2. The molecule has 1 aliphatic heterocycles. The van der Waals surface area contributed by atoms with Crippen molar-refractivity contribution in [3.05, 3.63) is 98.4 Å². The molecule has 0 aliphatic carbocycles. The number of carbonyl (C=O) groups is 1. The van der Waals surface area contributed by atoms with E-state index in [1.165, 1.54) is 11.1 Å². The summed E-state index contributed by atoms with van der Waals surface area (Å²) < 4.78 is 1.84. The van der Waals surface area contributed by atoms with E-state index in [1.807, 2.05) is 55.1 Å². The number of nitrogens with one attached hydrogen (secondary N) is 2. The second-order valence-corrected chi connectivity index (χ2v) is 10.7. The number of anilines is 2. The van der Waals surface area contributed by atoms with Crippen LogP contribution in [0.25, 0.3) is 0 Å². The summed E-state index contributed by atoms with van der Waals surface area (Å²) in [6, 6.07) is 18.2. The number of thioether (sulfide) groups is 1. The van der Waals surface area contributed by atoms with E-state index in [4.69, 9.17) is 10.1 Å². The Morgan fingerprint density at radius 2 is 1.91 bits per heavy atom. The number of thiophene rings is 1. The first-order chi connectivity index (χ1) is 16.9. The highest BCUT2D eigenvalue weighted by molar-refractivity contribution is 7.98. The van der Waals surface area contributed by atoms with Crippen LogP contribution in [0.4, 0.5) is 11.6 Å². The summed E-state index contributed by atoms with van der Waals surface area (Å²) in [7, 11) is 0. The molecule has 0 fully saturated rings. The van der Waals surface area contributed by atoms with Crippen molar-refractivity contribution in [2.24, 2.45) is 0 Å². The van der Waals surface area contributed by atoms with Crippen molar-refractivity contribution in [1.29, 1.82) is 0 Å². The molecule has 0 radical (unpaired) electrons. The van der Waals surface area contributed by atoms with Crippen LogP contribution in [0.1, 0.15) is 40.1 Å². The third-order valence-corrected chi connectivity index (χ3v) is 7.80. The fourth-order valence-electron chi connectivity index (χ4n) is 4.29. The van der Waals surface area contributed by atoms with Crippen molar-refractivity contribution >= 4 is 40.6 Å². The summed E-state index contributed by atoms with van der Waals surface area (Å²) in [5.41, 5.74) is 6.89. The Kier molecular flexibility index (Phi) is 6.49. The second-order valence-electron chi connectivity index (χ2n) is 8.79. The van der Waals surface area contributed by atoms with Crippen molar-refractivity contribution in [2.45, 2.75) is 44.6 Å². The van der Waals surface area contributed by atoms with Gasteiger partial charge in [0.1, 0.15) is 6.04 Å². The number of allylic oxidation sites excluding steroid dienone is 1. The van der Waals surface area contributed by atoms with Gasteiger partial charge in [-0.1, -0.05) is 65.4 Å². The van der Waals surface area contributed by atoms with E-state index in [2.05, 4.69) is 47.9 Å². The van der Waals surface area contributed by atoms with Gasteiger partial charge in [-0.05, 0) is 56.3 Å². The van der Waals surface area contributed by atoms with Gasteiger partial charge in [0.15, 0.2) is 0 Å². The van der Waals surface area contributed by atoms with Gasteiger partial charge in [0.2, 0.25) is 11.1 Å². The Bertz CT molecular complexity index is 1420. The number of aryl methyl sites for hydroxylation is 3. The van der Waals surface area contributed by atoms with Crippen LogP contribution in [0.15, 0.2) is 76.4 Å². The minimum Gasteiger partial charge on any atom is -0.328 e. The molecule has 35 heavy (non-hydrogen) atoms. The molecular formula is C27H27N5OS2. The number of hydrogen-bond acceptors (Lipinski definition) is 6. The first-order valence-corrected chi connectivity index (χ1v) is 13.3. The molecule has 5 rings (SSSR count). The maximum absolute atomic E-state index is 13.6. The van der Waals surface area contributed by atoms with E-state index in [0.717, 1.165) is 33.1 Å². The van der Waals surface area contributed by atoms with Gasteiger partial charge in [-0.25, -0.2) is 4.68 Å². The quantitative estimate of drug-likeness (QED) is 0.296. The summed E-state index contributed by atoms with van der Waals surface area (Å²) in [6.07, 6.45) is 0. The van der Waals surface area contributed by atoms with Gasteiger partial charge in [0.25, 0.3) is 5.91 Å². The highest BCUT2D eigenvalue weighted by atomic mass is 32.2. The molecule has 3 heterocycles. The lowest BCUT2D eigenvalue weighted by Gasteiger charge is -2.27. The van der Waals surface area contributed by atoms with Crippen LogP contribution in [0, 0.1) is 20.8 Å². The molecule has 0 saturated heterocycles. The number of aromatic nitrogens is 3. The predicted octanol–water partition coefficient (Wildman–Crippen LogP) is 6.48. The predicted molar refractivity (Wildman–Crippen MR) is 144 cm³/mol. The average Bonchev–Trinajstić information content (AvgIpc) is 3.48. The molecule has 6 nitrogen and oxygen atoms in total. The number of amides is 1. The molecule has 0 spiro atoms. The first-order valence-electron chi connectivity index (χ1n) is 11.4. The third kappa shape index (κ3) is 4.90. The molecule has 1 amide bonds. The van der Waals surface area contributed by atoms with Gasteiger partial charge in [0.05, 0.1) is 5.57 Å². The van der Waals surface area contributed by atoms with Crippen LogP contribution in [-0.4, -0.2) is 20.7 Å². The Labute approximate surface area is 213 Å². The molecule has 1 unspecified atom stereocenters. The molecule has 2 aromatic carbocycles.